The molecule has 128 valence electrons. The molecule has 0 atom stereocenters. The van der Waals surface area contributed by atoms with Crippen LogP contribution in [-0.4, -0.2) is 21.2 Å². The summed E-state index contributed by atoms with van der Waals surface area (Å²) in [5, 5.41) is 11.5. The summed E-state index contributed by atoms with van der Waals surface area (Å²) in [6.45, 7) is 7.14. The molecule has 0 saturated carbocycles. The third-order valence-corrected chi connectivity index (χ3v) is 3.97. The molecule has 0 saturated heterocycles. The lowest BCUT2D eigenvalue weighted by atomic mass is 10.2. The Balaban J connectivity index is 1.81. The van der Waals surface area contributed by atoms with Gasteiger partial charge >= 0.3 is 0 Å². The molecule has 1 N–H and O–H groups in total. The van der Waals surface area contributed by atoms with Crippen LogP contribution < -0.4 is 10.2 Å². The van der Waals surface area contributed by atoms with E-state index in [4.69, 9.17) is 0 Å². The number of rotatable bonds is 6. The van der Waals surface area contributed by atoms with Crippen LogP contribution in [0.15, 0.2) is 60.8 Å². The second-order valence-electron chi connectivity index (χ2n) is 6.34. The van der Waals surface area contributed by atoms with E-state index in [0.29, 0.717) is 12.0 Å². The van der Waals surface area contributed by atoms with Crippen molar-refractivity contribution in [2.45, 2.75) is 33.4 Å². The van der Waals surface area contributed by atoms with E-state index >= 15 is 0 Å². The standard InChI is InChI=1S/C20H23N5/c1-15(2)25(14-17-7-5-4-6-8-17)19-13-21-24-20(23-19)22-18-11-9-16(3)10-12-18/h4-13,15H,14H2,1-3H3,(H,22,23,24). The largest absolute Gasteiger partial charge is 0.348 e. The number of hydrogen-bond donors (Lipinski definition) is 1. The predicted molar refractivity (Wildman–Crippen MR) is 102 cm³/mol. The van der Waals surface area contributed by atoms with Gasteiger partial charge in [-0.2, -0.15) is 10.1 Å². The third kappa shape index (κ3) is 4.53. The van der Waals surface area contributed by atoms with Crippen molar-refractivity contribution in [3.63, 3.8) is 0 Å². The second kappa shape index (κ2) is 7.75. The van der Waals surface area contributed by atoms with Crippen LogP contribution in [0.4, 0.5) is 17.5 Å². The lowest BCUT2D eigenvalue weighted by Crippen LogP contribution is -2.31. The average Bonchev–Trinajstić information content (AvgIpc) is 2.62. The maximum atomic E-state index is 4.65. The van der Waals surface area contributed by atoms with Gasteiger partial charge < -0.3 is 10.2 Å². The number of benzene rings is 2. The van der Waals surface area contributed by atoms with Gasteiger partial charge in [0.1, 0.15) is 0 Å². The minimum atomic E-state index is 0.295. The molecule has 1 heterocycles. The molecule has 0 amide bonds. The Morgan fingerprint density at radius 2 is 1.72 bits per heavy atom. The van der Waals surface area contributed by atoms with Crippen LogP contribution in [0.2, 0.25) is 0 Å². The molecule has 5 heteroatoms. The van der Waals surface area contributed by atoms with E-state index in [1.807, 2.05) is 18.2 Å². The lowest BCUT2D eigenvalue weighted by Gasteiger charge is -2.27. The van der Waals surface area contributed by atoms with Gasteiger partial charge in [-0.1, -0.05) is 48.0 Å². The first-order valence-corrected chi connectivity index (χ1v) is 8.46. The van der Waals surface area contributed by atoms with Crippen molar-refractivity contribution in [2.24, 2.45) is 0 Å². The summed E-state index contributed by atoms with van der Waals surface area (Å²) in [6, 6.07) is 18.8. The Hall–Kier alpha value is -2.95. The van der Waals surface area contributed by atoms with Crippen molar-refractivity contribution in [3.8, 4) is 0 Å². The molecule has 0 aliphatic rings. The van der Waals surface area contributed by atoms with Crippen LogP contribution in [0.1, 0.15) is 25.0 Å². The highest BCUT2D eigenvalue weighted by Gasteiger charge is 2.14. The number of nitrogens with one attached hydrogen (secondary N) is 1. The second-order valence-corrected chi connectivity index (χ2v) is 6.34. The summed E-state index contributed by atoms with van der Waals surface area (Å²) in [7, 11) is 0. The van der Waals surface area contributed by atoms with Crippen molar-refractivity contribution < 1.29 is 0 Å². The van der Waals surface area contributed by atoms with Gasteiger partial charge in [0.2, 0.25) is 5.95 Å². The van der Waals surface area contributed by atoms with Crippen molar-refractivity contribution in [2.75, 3.05) is 10.2 Å². The molecule has 0 fully saturated rings. The van der Waals surface area contributed by atoms with Crippen molar-refractivity contribution >= 4 is 17.5 Å². The van der Waals surface area contributed by atoms with Crippen LogP contribution in [0.3, 0.4) is 0 Å². The van der Waals surface area contributed by atoms with E-state index in [0.717, 1.165) is 18.1 Å². The molecule has 3 rings (SSSR count). The molecule has 0 unspecified atom stereocenters. The summed E-state index contributed by atoms with van der Waals surface area (Å²) < 4.78 is 0. The maximum Gasteiger partial charge on any atom is 0.249 e. The van der Waals surface area contributed by atoms with Gasteiger partial charge in [0, 0.05) is 18.3 Å². The normalized spacial score (nSPS) is 10.7. The molecule has 25 heavy (non-hydrogen) atoms. The molecule has 0 radical (unpaired) electrons. The highest BCUT2D eigenvalue weighted by atomic mass is 15.3. The summed E-state index contributed by atoms with van der Waals surface area (Å²) >= 11 is 0. The zero-order valence-corrected chi connectivity index (χ0v) is 14.8. The van der Waals surface area contributed by atoms with Crippen LogP contribution >= 0.6 is 0 Å². The van der Waals surface area contributed by atoms with Crippen molar-refractivity contribution in [3.05, 3.63) is 71.9 Å². The Labute approximate surface area is 148 Å². The van der Waals surface area contributed by atoms with E-state index in [1.165, 1.54) is 11.1 Å². The monoisotopic (exact) mass is 333 g/mol. The van der Waals surface area contributed by atoms with E-state index in [1.54, 1.807) is 6.20 Å². The first kappa shape index (κ1) is 16.9. The molecule has 0 aliphatic carbocycles. The van der Waals surface area contributed by atoms with E-state index in [-0.39, 0.29) is 0 Å². The van der Waals surface area contributed by atoms with Crippen molar-refractivity contribution in [1.82, 2.24) is 15.2 Å². The van der Waals surface area contributed by atoms with Crippen LogP contribution in [-0.2, 0) is 6.54 Å². The fraction of sp³-hybridized carbons (Fsp3) is 0.250. The highest BCUT2D eigenvalue weighted by molar-refractivity contribution is 5.54. The molecular formula is C20H23N5. The fourth-order valence-corrected chi connectivity index (χ4v) is 2.56. The summed E-state index contributed by atoms with van der Waals surface area (Å²) in [5.41, 5.74) is 3.40. The quantitative estimate of drug-likeness (QED) is 0.727. The number of nitrogens with zero attached hydrogens (tertiary/aromatic N) is 4. The summed E-state index contributed by atoms with van der Waals surface area (Å²) in [5.74, 6) is 1.31. The van der Waals surface area contributed by atoms with E-state index in [9.17, 15) is 0 Å². The highest BCUT2D eigenvalue weighted by Crippen LogP contribution is 2.19. The van der Waals surface area contributed by atoms with Gasteiger partial charge in [-0.15, -0.1) is 5.10 Å². The number of aromatic nitrogens is 3. The smallest absolute Gasteiger partial charge is 0.249 e. The van der Waals surface area contributed by atoms with Crippen LogP contribution in [0.25, 0.3) is 0 Å². The Morgan fingerprint density at radius 1 is 1.00 bits per heavy atom. The minimum Gasteiger partial charge on any atom is -0.348 e. The van der Waals surface area contributed by atoms with Crippen molar-refractivity contribution in [1.29, 1.82) is 0 Å². The molecule has 3 aromatic rings. The number of aryl methyl sites for hydroxylation is 1. The SMILES string of the molecule is Cc1ccc(Nc2nncc(N(Cc3ccccc3)C(C)C)n2)cc1. The molecule has 1 aromatic heterocycles. The summed E-state index contributed by atoms with van der Waals surface area (Å²) in [4.78, 5) is 6.86. The summed E-state index contributed by atoms with van der Waals surface area (Å²) in [6.07, 6.45) is 1.71. The first-order valence-electron chi connectivity index (χ1n) is 8.46. The molecular weight excluding hydrogens is 310 g/mol. The molecule has 2 aromatic carbocycles. The van der Waals surface area contributed by atoms with Gasteiger partial charge in [-0.05, 0) is 38.5 Å². The van der Waals surface area contributed by atoms with Crippen LogP contribution in [0, 0.1) is 6.92 Å². The van der Waals surface area contributed by atoms with E-state index < -0.39 is 0 Å². The topological polar surface area (TPSA) is 53.9 Å². The zero-order chi connectivity index (χ0) is 17.6. The van der Waals surface area contributed by atoms with Gasteiger partial charge in [0.05, 0.1) is 6.20 Å². The Bertz CT molecular complexity index is 800. The van der Waals surface area contributed by atoms with E-state index in [2.05, 4.69) is 82.6 Å². The Kier molecular flexibility index (Phi) is 5.23. The first-order chi connectivity index (χ1) is 12.1. The van der Waals surface area contributed by atoms with Gasteiger partial charge in [0.15, 0.2) is 5.82 Å². The number of hydrogen-bond acceptors (Lipinski definition) is 5. The van der Waals surface area contributed by atoms with Gasteiger partial charge in [0.25, 0.3) is 0 Å². The third-order valence-electron chi connectivity index (χ3n) is 3.97. The predicted octanol–water partition coefficient (Wildman–Crippen LogP) is 4.34. The fourth-order valence-electron chi connectivity index (χ4n) is 2.56. The van der Waals surface area contributed by atoms with Crippen LogP contribution in [0.5, 0.6) is 0 Å². The van der Waals surface area contributed by atoms with Gasteiger partial charge in [-0.3, -0.25) is 0 Å². The molecule has 0 bridgehead atoms. The minimum absolute atomic E-state index is 0.295. The lowest BCUT2D eigenvalue weighted by molar-refractivity contribution is 0.668. The Morgan fingerprint density at radius 3 is 2.40 bits per heavy atom. The average molecular weight is 333 g/mol. The zero-order valence-electron chi connectivity index (χ0n) is 14.8. The molecule has 5 nitrogen and oxygen atoms in total. The van der Waals surface area contributed by atoms with Gasteiger partial charge in [-0.25, -0.2) is 0 Å². The molecule has 0 aliphatic heterocycles. The maximum absolute atomic E-state index is 4.65. The number of anilines is 3. The molecule has 0 spiro atoms.